The fourth-order valence-electron chi connectivity index (χ4n) is 2.23. The molecule has 1 N–H and O–H groups in total. The molecule has 0 aromatic rings. The van der Waals surface area contributed by atoms with Crippen LogP contribution >= 0.6 is 0 Å². The summed E-state index contributed by atoms with van der Waals surface area (Å²) in [5, 5.41) is 2.75. The Morgan fingerprint density at radius 2 is 2.11 bits per heavy atom. The van der Waals surface area contributed by atoms with E-state index in [1.54, 1.807) is 0 Å². The predicted octanol–water partition coefficient (Wildman–Crippen LogP) is 1.47. The Labute approximate surface area is 112 Å². The minimum absolute atomic E-state index is 0.107. The molecule has 1 amide bonds. The Balaban J connectivity index is 2.07. The lowest BCUT2D eigenvalue weighted by atomic mass is 9.88. The van der Waals surface area contributed by atoms with Crippen LogP contribution in [0.3, 0.4) is 0 Å². The highest BCUT2D eigenvalue weighted by Crippen LogP contribution is 2.25. The summed E-state index contributed by atoms with van der Waals surface area (Å²) in [7, 11) is -1.03. The molecule has 0 aliphatic heterocycles. The molecule has 18 heavy (non-hydrogen) atoms. The lowest BCUT2D eigenvalue weighted by molar-refractivity contribution is -0.119. The molecule has 0 aromatic heterocycles. The van der Waals surface area contributed by atoms with Gasteiger partial charge in [0.2, 0.25) is 5.91 Å². The van der Waals surface area contributed by atoms with Crippen LogP contribution in [-0.4, -0.2) is 40.9 Å². The zero-order valence-electron chi connectivity index (χ0n) is 11.4. The summed E-state index contributed by atoms with van der Waals surface area (Å²) in [4.78, 5) is 11.4. The third-order valence-corrected chi connectivity index (χ3v) is 4.63. The smallest absolute Gasteiger partial charge is 0.232 e. The summed E-state index contributed by atoms with van der Waals surface area (Å²) in [5.74, 6) is 1.12. The molecular formula is C13H25NO3S. The highest BCUT2D eigenvalue weighted by Gasteiger charge is 2.21. The third kappa shape index (κ3) is 5.96. The van der Waals surface area contributed by atoms with Gasteiger partial charge in [0, 0.05) is 23.1 Å². The Hall–Kier alpha value is -0.420. The van der Waals surface area contributed by atoms with Crippen LogP contribution in [0.15, 0.2) is 0 Å². The maximum absolute atomic E-state index is 11.4. The van der Waals surface area contributed by atoms with Gasteiger partial charge in [0.1, 0.15) is 5.75 Å². The molecule has 3 atom stereocenters. The molecule has 0 unspecified atom stereocenters. The van der Waals surface area contributed by atoms with E-state index in [1.807, 2.05) is 6.92 Å². The van der Waals surface area contributed by atoms with Crippen molar-refractivity contribution in [2.45, 2.75) is 45.6 Å². The number of carbonyl (C=O) groups is 1. The number of rotatable bonds is 7. The molecule has 0 radical (unpaired) electrons. The molecule has 1 rings (SSSR count). The Bertz CT molecular complexity index is 283. The number of ether oxygens (including phenoxy) is 1. The van der Waals surface area contributed by atoms with E-state index in [9.17, 15) is 9.00 Å². The maximum atomic E-state index is 11.4. The summed E-state index contributed by atoms with van der Waals surface area (Å²) in [6.45, 7) is 5.12. The first-order chi connectivity index (χ1) is 8.63. The van der Waals surface area contributed by atoms with Crippen LogP contribution in [0.25, 0.3) is 0 Å². The molecular weight excluding hydrogens is 250 g/mol. The van der Waals surface area contributed by atoms with Crippen LogP contribution in [-0.2, 0) is 20.3 Å². The molecule has 106 valence electrons. The maximum Gasteiger partial charge on any atom is 0.232 e. The number of carbonyl (C=O) groups excluding carboxylic acids is 1. The van der Waals surface area contributed by atoms with Crippen LogP contribution in [0.5, 0.6) is 0 Å². The second-order valence-electron chi connectivity index (χ2n) is 4.89. The summed E-state index contributed by atoms with van der Waals surface area (Å²) in [5.41, 5.74) is 0. The number of hydrogen-bond acceptors (Lipinski definition) is 3. The standard InChI is InChI=1S/C13H25NO3S/c1-3-18(16)10-13(15)14-8-9-17-12-7-5-4-6-11(12)2/h11-12H,3-10H2,1-2H3,(H,14,15)/t11-,12+,18+/m0/s1. The summed E-state index contributed by atoms with van der Waals surface area (Å²) in [6, 6.07) is 0. The van der Waals surface area contributed by atoms with Gasteiger partial charge < -0.3 is 10.1 Å². The summed E-state index contributed by atoms with van der Waals surface area (Å²) >= 11 is 0. The monoisotopic (exact) mass is 275 g/mol. The van der Waals surface area contributed by atoms with E-state index in [2.05, 4.69) is 12.2 Å². The third-order valence-electron chi connectivity index (χ3n) is 3.40. The van der Waals surface area contributed by atoms with E-state index in [4.69, 9.17) is 4.74 Å². The first-order valence-corrected chi connectivity index (χ1v) is 8.35. The van der Waals surface area contributed by atoms with Crippen molar-refractivity contribution in [2.24, 2.45) is 5.92 Å². The van der Waals surface area contributed by atoms with Crippen molar-refractivity contribution < 1.29 is 13.7 Å². The average Bonchev–Trinajstić information content (AvgIpc) is 2.36. The molecule has 1 saturated carbocycles. The SMILES string of the molecule is CC[S@@](=O)CC(=O)NCCO[C@@H]1CCCC[C@@H]1C. The molecule has 1 fully saturated rings. The van der Waals surface area contributed by atoms with Crippen LogP contribution < -0.4 is 5.32 Å². The van der Waals surface area contributed by atoms with E-state index >= 15 is 0 Å². The molecule has 1 aliphatic rings. The van der Waals surface area contributed by atoms with E-state index in [0.717, 1.165) is 6.42 Å². The predicted molar refractivity (Wildman–Crippen MR) is 73.9 cm³/mol. The Morgan fingerprint density at radius 1 is 1.39 bits per heavy atom. The van der Waals surface area contributed by atoms with E-state index in [0.29, 0.717) is 30.9 Å². The highest BCUT2D eigenvalue weighted by molar-refractivity contribution is 7.85. The zero-order valence-corrected chi connectivity index (χ0v) is 12.3. The van der Waals surface area contributed by atoms with E-state index in [-0.39, 0.29) is 11.7 Å². The minimum Gasteiger partial charge on any atom is -0.376 e. The molecule has 0 bridgehead atoms. The quantitative estimate of drug-likeness (QED) is 0.716. The van der Waals surface area contributed by atoms with Gasteiger partial charge >= 0.3 is 0 Å². The second kappa shape index (κ2) is 8.64. The van der Waals surface area contributed by atoms with Gasteiger partial charge in [-0.1, -0.05) is 26.7 Å². The molecule has 1 aliphatic carbocycles. The van der Waals surface area contributed by atoms with Crippen LogP contribution in [0.4, 0.5) is 0 Å². The number of hydrogen-bond donors (Lipinski definition) is 1. The first-order valence-electron chi connectivity index (χ1n) is 6.86. The van der Waals surface area contributed by atoms with Gasteiger partial charge in [0.15, 0.2) is 0 Å². The lowest BCUT2D eigenvalue weighted by Crippen LogP contribution is -2.34. The summed E-state index contributed by atoms with van der Waals surface area (Å²) in [6.07, 6.45) is 5.28. The number of amides is 1. The first kappa shape index (κ1) is 15.6. The fraction of sp³-hybridized carbons (Fsp3) is 0.923. The molecule has 0 spiro atoms. The van der Waals surface area contributed by atoms with Crippen molar-refractivity contribution in [2.75, 3.05) is 24.7 Å². The van der Waals surface area contributed by atoms with E-state index in [1.165, 1.54) is 19.3 Å². The van der Waals surface area contributed by atoms with Crippen LogP contribution in [0.1, 0.15) is 39.5 Å². The van der Waals surface area contributed by atoms with Gasteiger partial charge in [-0.15, -0.1) is 0 Å². The molecule has 0 saturated heterocycles. The van der Waals surface area contributed by atoms with Gasteiger partial charge in [0.05, 0.1) is 12.7 Å². The van der Waals surface area contributed by atoms with Crippen molar-refractivity contribution in [1.82, 2.24) is 5.32 Å². The van der Waals surface area contributed by atoms with Gasteiger partial charge in [-0.3, -0.25) is 9.00 Å². The van der Waals surface area contributed by atoms with Crippen molar-refractivity contribution in [3.05, 3.63) is 0 Å². The largest absolute Gasteiger partial charge is 0.376 e. The van der Waals surface area contributed by atoms with Crippen molar-refractivity contribution >= 4 is 16.7 Å². The summed E-state index contributed by atoms with van der Waals surface area (Å²) < 4.78 is 17.0. The zero-order chi connectivity index (χ0) is 13.4. The Morgan fingerprint density at radius 3 is 2.78 bits per heavy atom. The van der Waals surface area contributed by atoms with E-state index < -0.39 is 10.8 Å². The number of nitrogens with one attached hydrogen (secondary N) is 1. The van der Waals surface area contributed by atoms with Gasteiger partial charge in [0.25, 0.3) is 0 Å². The van der Waals surface area contributed by atoms with Crippen molar-refractivity contribution in [3.63, 3.8) is 0 Å². The lowest BCUT2D eigenvalue weighted by Gasteiger charge is -2.28. The van der Waals surface area contributed by atoms with Crippen molar-refractivity contribution in [3.8, 4) is 0 Å². The average molecular weight is 275 g/mol. The van der Waals surface area contributed by atoms with Crippen molar-refractivity contribution in [1.29, 1.82) is 0 Å². The minimum atomic E-state index is -1.03. The normalized spacial score (nSPS) is 25.7. The molecule has 5 heteroatoms. The topological polar surface area (TPSA) is 55.4 Å². The molecule has 4 nitrogen and oxygen atoms in total. The Kier molecular flexibility index (Phi) is 7.51. The van der Waals surface area contributed by atoms with Gasteiger partial charge in [-0.05, 0) is 18.8 Å². The highest BCUT2D eigenvalue weighted by atomic mass is 32.2. The van der Waals surface area contributed by atoms with Gasteiger partial charge in [-0.2, -0.15) is 0 Å². The van der Waals surface area contributed by atoms with Crippen LogP contribution in [0, 0.1) is 5.92 Å². The second-order valence-corrected chi connectivity index (χ2v) is 6.64. The van der Waals surface area contributed by atoms with Gasteiger partial charge in [-0.25, -0.2) is 0 Å². The molecule has 0 aromatic carbocycles. The fourth-order valence-corrected chi connectivity index (χ4v) is 2.83. The van der Waals surface area contributed by atoms with Crippen LogP contribution in [0.2, 0.25) is 0 Å². The molecule has 0 heterocycles.